The van der Waals surface area contributed by atoms with Crippen LogP contribution >= 0.6 is 0 Å². The van der Waals surface area contributed by atoms with Crippen LogP contribution < -0.4 is 19.1 Å². The molecule has 4 rings (SSSR count). The fourth-order valence-corrected chi connectivity index (χ4v) is 2.98. The fourth-order valence-electron chi connectivity index (χ4n) is 2.98. The number of rotatable bonds is 3. The largest absolute Gasteiger partial charge is 0.454 e. The SMILES string of the molecule is Cc1ccc(N2C[C@@H](C(=O)Oc3ccc4c(c3)OCO4)CC2=O)cc1. The van der Waals surface area contributed by atoms with E-state index in [1.54, 1.807) is 23.1 Å². The number of carbonyl (C=O) groups excluding carboxylic acids is 2. The van der Waals surface area contributed by atoms with Gasteiger partial charge in [-0.15, -0.1) is 0 Å². The molecule has 6 nitrogen and oxygen atoms in total. The number of benzene rings is 2. The Bertz CT molecular complexity index is 830. The lowest BCUT2D eigenvalue weighted by atomic mass is 10.1. The molecule has 0 aromatic heterocycles. The van der Waals surface area contributed by atoms with Crippen LogP contribution in [0.2, 0.25) is 0 Å². The monoisotopic (exact) mass is 339 g/mol. The first-order valence-electron chi connectivity index (χ1n) is 8.08. The van der Waals surface area contributed by atoms with Gasteiger partial charge in [0.15, 0.2) is 11.5 Å². The molecule has 2 aromatic rings. The van der Waals surface area contributed by atoms with Crippen molar-refractivity contribution in [3.05, 3.63) is 48.0 Å². The van der Waals surface area contributed by atoms with Crippen molar-refractivity contribution < 1.29 is 23.8 Å². The first kappa shape index (κ1) is 15.5. The Hall–Kier alpha value is -3.02. The van der Waals surface area contributed by atoms with Crippen molar-refractivity contribution in [1.29, 1.82) is 0 Å². The van der Waals surface area contributed by atoms with Gasteiger partial charge in [-0.3, -0.25) is 9.59 Å². The summed E-state index contributed by atoms with van der Waals surface area (Å²) < 4.78 is 15.9. The van der Waals surface area contributed by atoms with Crippen molar-refractivity contribution in [2.75, 3.05) is 18.2 Å². The maximum absolute atomic E-state index is 12.4. The number of hydrogen-bond donors (Lipinski definition) is 0. The summed E-state index contributed by atoms with van der Waals surface area (Å²) in [6, 6.07) is 12.6. The number of ether oxygens (including phenoxy) is 3. The molecule has 0 N–H and O–H groups in total. The van der Waals surface area contributed by atoms with Gasteiger partial charge in [0.1, 0.15) is 5.75 Å². The van der Waals surface area contributed by atoms with Crippen molar-refractivity contribution in [2.24, 2.45) is 5.92 Å². The van der Waals surface area contributed by atoms with Gasteiger partial charge in [-0.25, -0.2) is 0 Å². The van der Waals surface area contributed by atoms with Crippen LogP contribution in [0.15, 0.2) is 42.5 Å². The second-order valence-electron chi connectivity index (χ2n) is 6.18. The Morgan fingerprint density at radius 1 is 1.12 bits per heavy atom. The number of fused-ring (bicyclic) bond motifs is 1. The topological polar surface area (TPSA) is 65.1 Å². The van der Waals surface area contributed by atoms with Crippen LogP contribution in [0.25, 0.3) is 0 Å². The number of nitrogens with zero attached hydrogens (tertiary/aromatic N) is 1. The van der Waals surface area contributed by atoms with E-state index in [9.17, 15) is 9.59 Å². The molecular formula is C19H17NO5. The van der Waals surface area contributed by atoms with E-state index in [1.807, 2.05) is 31.2 Å². The van der Waals surface area contributed by atoms with Gasteiger partial charge in [-0.1, -0.05) is 17.7 Å². The molecule has 1 amide bonds. The van der Waals surface area contributed by atoms with Gasteiger partial charge in [0.05, 0.1) is 5.92 Å². The zero-order valence-electron chi connectivity index (χ0n) is 13.7. The average Bonchev–Trinajstić information content (AvgIpc) is 3.22. The van der Waals surface area contributed by atoms with Crippen LogP contribution in [0.4, 0.5) is 5.69 Å². The van der Waals surface area contributed by atoms with Crippen molar-refractivity contribution in [3.8, 4) is 17.2 Å². The Balaban J connectivity index is 1.44. The summed E-state index contributed by atoms with van der Waals surface area (Å²) in [4.78, 5) is 26.3. The standard InChI is InChI=1S/C19H17NO5/c1-12-2-4-14(5-3-12)20-10-13(8-18(20)21)19(22)25-15-6-7-16-17(9-15)24-11-23-16/h2-7,9,13H,8,10-11H2,1H3/t13-/m0/s1. The Kier molecular flexibility index (Phi) is 3.80. The van der Waals surface area contributed by atoms with Crippen LogP contribution in [0.1, 0.15) is 12.0 Å². The summed E-state index contributed by atoms with van der Waals surface area (Å²) in [6.45, 7) is 2.47. The molecule has 0 saturated carbocycles. The highest BCUT2D eigenvalue weighted by Crippen LogP contribution is 2.35. The Labute approximate surface area is 144 Å². The van der Waals surface area contributed by atoms with E-state index in [2.05, 4.69) is 0 Å². The van der Waals surface area contributed by atoms with Crippen LogP contribution in [-0.2, 0) is 9.59 Å². The summed E-state index contributed by atoms with van der Waals surface area (Å²) in [5.41, 5.74) is 1.92. The third kappa shape index (κ3) is 3.03. The number of aryl methyl sites for hydroxylation is 1. The quantitative estimate of drug-likeness (QED) is 0.635. The summed E-state index contributed by atoms with van der Waals surface area (Å²) in [7, 11) is 0. The Morgan fingerprint density at radius 3 is 2.68 bits per heavy atom. The number of anilines is 1. The molecule has 0 unspecified atom stereocenters. The van der Waals surface area contributed by atoms with Crippen molar-refractivity contribution in [2.45, 2.75) is 13.3 Å². The number of esters is 1. The van der Waals surface area contributed by atoms with Gasteiger partial charge in [0, 0.05) is 24.7 Å². The van der Waals surface area contributed by atoms with Gasteiger partial charge < -0.3 is 19.1 Å². The molecule has 128 valence electrons. The van der Waals surface area contributed by atoms with Gasteiger partial charge in [0.25, 0.3) is 0 Å². The van der Waals surface area contributed by atoms with Crippen molar-refractivity contribution in [1.82, 2.24) is 0 Å². The molecule has 2 heterocycles. The smallest absolute Gasteiger partial charge is 0.316 e. The molecule has 2 aromatic carbocycles. The van der Waals surface area contributed by atoms with Crippen LogP contribution in [0.5, 0.6) is 17.2 Å². The molecule has 0 spiro atoms. The van der Waals surface area contributed by atoms with E-state index in [0.717, 1.165) is 11.3 Å². The molecule has 6 heteroatoms. The highest BCUT2D eigenvalue weighted by atomic mass is 16.7. The van der Waals surface area contributed by atoms with E-state index < -0.39 is 11.9 Å². The number of hydrogen-bond acceptors (Lipinski definition) is 5. The van der Waals surface area contributed by atoms with E-state index in [-0.39, 0.29) is 19.1 Å². The molecule has 0 aliphatic carbocycles. The minimum Gasteiger partial charge on any atom is -0.454 e. The van der Waals surface area contributed by atoms with Gasteiger partial charge in [-0.2, -0.15) is 0 Å². The highest BCUT2D eigenvalue weighted by molar-refractivity contribution is 5.99. The van der Waals surface area contributed by atoms with Crippen molar-refractivity contribution in [3.63, 3.8) is 0 Å². The zero-order chi connectivity index (χ0) is 17.4. The maximum atomic E-state index is 12.4. The number of carbonyl (C=O) groups is 2. The van der Waals surface area contributed by atoms with E-state index in [4.69, 9.17) is 14.2 Å². The molecule has 1 atom stereocenters. The average molecular weight is 339 g/mol. The van der Waals surface area contributed by atoms with Crippen LogP contribution in [0, 0.1) is 12.8 Å². The van der Waals surface area contributed by atoms with E-state index in [1.165, 1.54) is 0 Å². The molecule has 2 aliphatic heterocycles. The molecule has 0 bridgehead atoms. The summed E-state index contributed by atoms with van der Waals surface area (Å²) >= 11 is 0. The molecule has 1 fully saturated rings. The summed E-state index contributed by atoms with van der Waals surface area (Å²) in [6.07, 6.45) is 0.150. The lowest BCUT2D eigenvalue weighted by molar-refractivity contribution is -0.139. The van der Waals surface area contributed by atoms with Gasteiger partial charge in [0.2, 0.25) is 12.7 Å². The lowest BCUT2D eigenvalue weighted by Gasteiger charge is -2.16. The lowest BCUT2D eigenvalue weighted by Crippen LogP contribution is -2.27. The molecule has 0 radical (unpaired) electrons. The maximum Gasteiger partial charge on any atom is 0.316 e. The van der Waals surface area contributed by atoms with Gasteiger partial charge >= 0.3 is 5.97 Å². The first-order chi connectivity index (χ1) is 12.1. The minimum atomic E-state index is -0.487. The highest BCUT2D eigenvalue weighted by Gasteiger charge is 2.36. The summed E-state index contributed by atoms with van der Waals surface area (Å²) in [5, 5.41) is 0. The normalized spacial score (nSPS) is 18.5. The van der Waals surface area contributed by atoms with Crippen molar-refractivity contribution >= 4 is 17.6 Å². The van der Waals surface area contributed by atoms with Gasteiger partial charge in [-0.05, 0) is 31.2 Å². The molecule has 2 aliphatic rings. The second-order valence-corrected chi connectivity index (χ2v) is 6.18. The second kappa shape index (κ2) is 6.12. The molecular weight excluding hydrogens is 322 g/mol. The molecule has 1 saturated heterocycles. The zero-order valence-corrected chi connectivity index (χ0v) is 13.7. The van der Waals surface area contributed by atoms with Crippen LogP contribution in [-0.4, -0.2) is 25.2 Å². The van der Waals surface area contributed by atoms with E-state index >= 15 is 0 Å². The fraction of sp³-hybridized carbons (Fsp3) is 0.263. The van der Waals surface area contributed by atoms with Crippen LogP contribution in [0.3, 0.4) is 0 Å². The minimum absolute atomic E-state index is 0.0727. The summed E-state index contributed by atoms with van der Waals surface area (Å²) in [5.74, 6) is 0.587. The third-order valence-electron chi connectivity index (χ3n) is 4.37. The Morgan fingerprint density at radius 2 is 1.88 bits per heavy atom. The predicted molar refractivity (Wildman–Crippen MR) is 89.8 cm³/mol. The molecule has 25 heavy (non-hydrogen) atoms. The predicted octanol–water partition coefficient (Wildman–Crippen LogP) is 2.68. The third-order valence-corrected chi connectivity index (χ3v) is 4.37. The first-order valence-corrected chi connectivity index (χ1v) is 8.08. The van der Waals surface area contributed by atoms with E-state index in [0.29, 0.717) is 23.8 Å². The number of amides is 1.